The summed E-state index contributed by atoms with van der Waals surface area (Å²) in [5, 5.41) is 4.74. The molecule has 0 N–H and O–H groups in total. The Labute approximate surface area is 166 Å². The van der Waals surface area contributed by atoms with Gasteiger partial charge >= 0.3 is 5.97 Å². The van der Waals surface area contributed by atoms with Gasteiger partial charge in [0.05, 0.1) is 17.8 Å². The summed E-state index contributed by atoms with van der Waals surface area (Å²) < 4.78 is 6.61. The molecule has 0 radical (unpaired) electrons. The Morgan fingerprint density at radius 1 is 1.11 bits per heavy atom. The van der Waals surface area contributed by atoms with Crippen molar-refractivity contribution in [3.8, 4) is 11.1 Å². The van der Waals surface area contributed by atoms with E-state index in [-0.39, 0.29) is 11.7 Å². The molecule has 0 aliphatic rings. The largest absolute Gasteiger partial charge is 0.461 e. The second-order valence-corrected chi connectivity index (χ2v) is 7.87. The second-order valence-electron chi connectivity index (χ2n) is 7.01. The van der Waals surface area contributed by atoms with Gasteiger partial charge in [-0.15, -0.1) is 11.3 Å². The Balaban J connectivity index is 1.84. The van der Waals surface area contributed by atoms with Gasteiger partial charge in [0.1, 0.15) is 10.9 Å². The molecule has 0 saturated heterocycles. The zero-order valence-electron chi connectivity index (χ0n) is 15.9. The zero-order valence-corrected chi connectivity index (χ0v) is 16.7. The van der Waals surface area contributed by atoms with Crippen LogP contribution in [0.25, 0.3) is 32.1 Å². The maximum absolute atomic E-state index is 13.2. The summed E-state index contributed by atoms with van der Waals surface area (Å²) in [5.41, 5.74) is 1.56. The fourth-order valence-corrected chi connectivity index (χ4v) is 4.14. The van der Waals surface area contributed by atoms with Gasteiger partial charge in [0, 0.05) is 10.9 Å². The summed E-state index contributed by atoms with van der Waals surface area (Å²) in [5.74, 6) is -0.444. The molecule has 2 heterocycles. The highest BCUT2D eigenvalue weighted by Crippen LogP contribution is 2.32. The van der Waals surface area contributed by atoms with Crippen molar-refractivity contribution in [3.63, 3.8) is 0 Å². The molecule has 142 valence electrons. The number of fused-ring (bicyclic) bond motifs is 2. The van der Waals surface area contributed by atoms with Gasteiger partial charge in [-0.25, -0.2) is 9.78 Å². The molecule has 0 aliphatic carbocycles. The molecule has 2 aromatic heterocycles. The number of carbonyl (C=O) groups is 1. The number of thiophene rings is 1. The Morgan fingerprint density at radius 2 is 1.86 bits per heavy atom. The minimum atomic E-state index is -0.740. The van der Waals surface area contributed by atoms with E-state index in [1.54, 1.807) is 20.8 Å². The number of benzene rings is 2. The van der Waals surface area contributed by atoms with Gasteiger partial charge in [-0.1, -0.05) is 36.4 Å². The number of aromatic nitrogens is 2. The van der Waals surface area contributed by atoms with Crippen molar-refractivity contribution in [3.05, 3.63) is 64.5 Å². The highest BCUT2D eigenvalue weighted by molar-refractivity contribution is 7.17. The van der Waals surface area contributed by atoms with Gasteiger partial charge in [0.2, 0.25) is 0 Å². The molecule has 0 aliphatic heterocycles. The van der Waals surface area contributed by atoms with Crippen molar-refractivity contribution < 1.29 is 9.53 Å². The number of carbonyl (C=O) groups excluding carboxylic acids is 1. The first-order valence-corrected chi connectivity index (χ1v) is 10.0. The fourth-order valence-electron chi connectivity index (χ4n) is 3.24. The van der Waals surface area contributed by atoms with E-state index in [0.29, 0.717) is 10.2 Å². The molecule has 0 amide bonds. The van der Waals surface area contributed by atoms with Crippen LogP contribution in [0.1, 0.15) is 26.8 Å². The molecule has 0 saturated carbocycles. The van der Waals surface area contributed by atoms with Gasteiger partial charge in [0.25, 0.3) is 5.56 Å². The molecule has 4 rings (SSSR count). The fraction of sp³-hybridized carbons (Fsp3) is 0.227. The topological polar surface area (TPSA) is 61.2 Å². The average molecular weight is 392 g/mol. The summed E-state index contributed by atoms with van der Waals surface area (Å²) in [7, 11) is 0. The van der Waals surface area contributed by atoms with Gasteiger partial charge in [-0.2, -0.15) is 0 Å². The molecule has 6 heteroatoms. The van der Waals surface area contributed by atoms with Crippen molar-refractivity contribution in [1.82, 2.24) is 9.55 Å². The first kappa shape index (κ1) is 18.4. The first-order valence-electron chi connectivity index (χ1n) is 9.13. The molecule has 0 bridgehead atoms. The van der Waals surface area contributed by atoms with Crippen LogP contribution in [0.3, 0.4) is 0 Å². The van der Waals surface area contributed by atoms with E-state index >= 15 is 0 Å². The van der Waals surface area contributed by atoms with E-state index in [1.165, 1.54) is 22.2 Å². The van der Waals surface area contributed by atoms with Crippen LogP contribution < -0.4 is 5.56 Å². The average Bonchev–Trinajstić information content (AvgIpc) is 3.12. The number of hydrogen-bond donors (Lipinski definition) is 0. The monoisotopic (exact) mass is 392 g/mol. The van der Waals surface area contributed by atoms with Crippen molar-refractivity contribution in [2.75, 3.05) is 0 Å². The van der Waals surface area contributed by atoms with E-state index in [9.17, 15) is 9.59 Å². The predicted octanol–water partition coefficient (Wildman–Crippen LogP) is 4.79. The van der Waals surface area contributed by atoms with Crippen molar-refractivity contribution >= 4 is 38.3 Å². The van der Waals surface area contributed by atoms with Crippen LogP contribution in [0.15, 0.2) is 59.0 Å². The van der Waals surface area contributed by atoms with Crippen LogP contribution >= 0.6 is 11.3 Å². The molecule has 4 aromatic rings. The molecule has 2 aromatic carbocycles. The standard InChI is InChI=1S/C22H20N2O3S/c1-13(2)27-22(26)14(3)24-12-23-20-19(21(24)25)18(11-28-20)17-9-8-15-6-4-5-7-16(15)10-17/h4-14H,1-3H3. The maximum Gasteiger partial charge on any atom is 0.329 e. The highest BCUT2D eigenvalue weighted by Gasteiger charge is 2.22. The van der Waals surface area contributed by atoms with Gasteiger partial charge in [0.15, 0.2) is 0 Å². The molecule has 1 unspecified atom stereocenters. The SMILES string of the molecule is CC(C)OC(=O)C(C)n1cnc2scc(-c3ccc4ccccc4c3)c2c1=O. The van der Waals surface area contributed by atoms with E-state index in [2.05, 4.69) is 17.1 Å². The lowest BCUT2D eigenvalue weighted by atomic mass is 10.0. The van der Waals surface area contributed by atoms with Gasteiger partial charge < -0.3 is 4.74 Å². The molecule has 0 spiro atoms. The zero-order chi connectivity index (χ0) is 19.8. The predicted molar refractivity (Wildman–Crippen MR) is 113 cm³/mol. The number of nitrogens with zero attached hydrogens (tertiary/aromatic N) is 2. The summed E-state index contributed by atoms with van der Waals surface area (Å²) in [6, 6.07) is 13.5. The third-order valence-corrected chi connectivity index (χ3v) is 5.58. The lowest BCUT2D eigenvalue weighted by Crippen LogP contribution is -2.30. The van der Waals surface area contributed by atoms with Gasteiger partial charge in [-0.3, -0.25) is 9.36 Å². The van der Waals surface area contributed by atoms with Crippen LogP contribution in [0.5, 0.6) is 0 Å². The second kappa shape index (κ2) is 7.20. The lowest BCUT2D eigenvalue weighted by molar-refractivity contribution is -0.151. The van der Waals surface area contributed by atoms with E-state index in [0.717, 1.165) is 21.9 Å². The third kappa shape index (κ3) is 3.20. The summed E-state index contributed by atoms with van der Waals surface area (Å²) in [6.45, 7) is 5.22. The van der Waals surface area contributed by atoms with Crippen molar-refractivity contribution in [2.24, 2.45) is 0 Å². The Hall–Kier alpha value is -2.99. The minimum absolute atomic E-state index is 0.234. The molecular weight excluding hydrogens is 372 g/mol. The van der Waals surface area contributed by atoms with E-state index in [1.807, 2.05) is 35.7 Å². The molecule has 5 nitrogen and oxygen atoms in total. The number of hydrogen-bond acceptors (Lipinski definition) is 5. The third-order valence-electron chi connectivity index (χ3n) is 4.69. The Kier molecular flexibility index (Phi) is 4.73. The van der Waals surface area contributed by atoms with E-state index < -0.39 is 12.0 Å². The molecular formula is C22H20N2O3S. The van der Waals surface area contributed by atoms with Crippen LogP contribution in [0, 0.1) is 0 Å². The lowest BCUT2D eigenvalue weighted by Gasteiger charge is -2.16. The first-order chi connectivity index (χ1) is 13.5. The number of esters is 1. The van der Waals surface area contributed by atoms with Crippen LogP contribution in [0.4, 0.5) is 0 Å². The van der Waals surface area contributed by atoms with Crippen LogP contribution in [-0.2, 0) is 9.53 Å². The van der Waals surface area contributed by atoms with E-state index in [4.69, 9.17) is 4.74 Å². The Bertz CT molecular complexity index is 1240. The highest BCUT2D eigenvalue weighted by atomic mass is 32.1. The number of rotatable bonds is 4. The van der Waals surface area contributed by atoms with Crippen molar-refractivity contribution in [1.29, 1.82) is 0 Å². The smallest absolute Gasteiger partial charge is 0.329 e. The summed E-state index contributed by atoms with van der Waals surface area (Å²) in [4.78, 5) is 30.5. The van der Waals surface area contributed by atoms with Crippen LogP contribution in [0.2, 0.25) is 0 Å². The molecule has 1 atom stereocenters. The molecule has 28 heavy (non-hydrogen) atoms. The molecule has 0 fully saturated rings. The van der Waals surface area contributed by atoms with Crippen LogP contribution in [-0.4, -0.2) is 21.6 Å². The quantitative estimate of drug-likeness (QED) is 0.469. The number of ether oxygens (including phenoxy) is 1. The summed E-state index contributed by atoms with van der Waals surface area (Å²) in [6.07, 6.45) is 1.19. The van der Waals surface area contributed by atoms with Gasteiger partial charge in [-0.05, 0) is 43.2 Å². The Morgan fingerprint density at radius 3 is 2.61 bits per heavy atom. The maximum atomic E-state index is 13.2. The van der Waals surface area contributed by atoms with Crippen molar-refractivity contribution in [2.45, 2.75) is 32.9 Å². The summed E-state index contributed by atoms with van der Waals surface area (Å²) >= 11 is 1.43. The normalized spacial score (nSPS) is 12.6. The minimum Gasteiger partial charge on any atom is -0.461 e.